The van der Waals surface area contributed by atoms with Crippen molar-refractivity contribution in [1.29, 1.82) is 0 Å². The first-order valence-corrected chi connectivity index (χ1v) is 9.89. The van der Waals surface area contributed by atoms with Crippen molar-refractivity contribution in [3.05, 3.63) is 95.4 Å². The van der Waals surface area contributed by atoms with Crippen LogP contribution in [0.25, 0.3) is 21.8 Å². The fraction of sp³-hybridized carbons (Fsp3) is 0.0435. The summed E-state index contributed by atoms with van der Waals surface area (Å²) in [4.78, 5) is 17.0. The quantitative estimate of drug-likeness (QED) is 0.394. The predicted octanol–water partition coefficient (Wildman–Crippen LogP) is 6.75. The van der Waals surface area contributed by atoms with Crippen LogP contribution in [0.15, 0.2) is 84.2 Å². The molecule has 30 heavy (non-hydrogen) atoms. The van der Waals surface area contributed by atoms with Crippen molar-refractivity contribution in [2.75, 3.05) is 5.32 Å². The second kappa shape index (κ2) is 8.12. The molecule has 0 saturated carbocycles. The molecule has 0 unspecified atom stereocenters. The van der Waals surface area contributed by atoms with Gasteiger partial charge in [-0.25, -0.2) is 4.98 Å². The molecule has 150 valence electrons. The molecule has 0 saturated heterocycles. The molecule has 3 aromatic carbocycles. The molecule has 1 amide bonds. The number of carbonyl (C=O) groups is 1. The SMILES string of the molecule is O=C(Nc1ccc(-c2csc(-c3ccccc3)n2)cc1)c1ccccc1C(F)(F)F. The van der Waals surface area contributed by atoms with Gasteiger partial charge in [0, 0.05) is 22.2 Å². The second-order valence-corrected chi connectivity index (χ2v) is 7.34. The third-order valence-corrected chi connectivity index (χ3v) is 5.33. The van der Waals surface area contributed by atoms with Crippen molar-refractivity contribution in [1.82, 2.24) is 4.98 Å². The van der Waals surface area contributed by atoms with Crippen LogP contribution in [-0.4, -0.2) is 10.9 Å². The monoisotopic (exact) mass is 424 g/mol. The van der Waals surface area contributed by atoms with E-state index in [9.17, 15) is 18.0 Å². The summed E-state index contributed by atoms with van der Waals surface area (Å²) in [7, 11) is 0. The number of thiazole rings is 1. The first-order chi connectivity index (χ1) is 14.4. The van der Waals surface area contributed by atoms with E-state index in [0.29, 0.717) is 5.69 Å². The molecule has 4 aromatic rings. The predicted molar refractivity (Wildman–Crippen MR) is 112 cm³/mol. The molecule has 0 aliphatic carbocycles. The first-order valence-electron chi connectivity index (χ1n) is 9.01. The Morgan fingerprint density at radius 3 is 2.20 bits per heavy atom. The number of hydrogen-bond donors (Lipinski definition) is 1. The molecule has 0 fully saturated rings. The summed E-state index contributed by atoms with van der Waals surface area (Å²) in [6.45, 7) is 0. The van der Waals surface area contributed by atoms with Crippen LogP contribution in [0.3, 0.4) is 0 Å². The maximum absolute atomic E-state index is 13.1. The Bertz CT molecular complexity index is 1170. The average Bonchev–Trinajstić information content (AvgIpc) is 3.25. The van der Waals surface area contributed by atoms with Gasteiger partial charge in [0.15, 0.2) is 0 Å². The van der Waals surface area contributed by atoms with Gasteiger partial charge < -0.3 is 5.32 Å². The molecule has 3 nitrogen and oxygen atoms in total. The summed E-state index contributed by atoms with van der Waals surface area (Å²) in [5.74, 6) is -0.810. The lowest BCUT2D eigenvalue weighted by Crippen LogP contribution is -2.18. The number of hydrogen-bond acceptors (Lipinski definition) is 3. The van der Waals surface area contributed by atoms with E-state index in [1.165, 1.54) is 23.5 Å². The van der Waals surface area contributed by atoms with Crippen LogP contribution in [0, 0.1) is 0 Å². The molecule has 0 aliphatic rings. The highest BCUT2D eigenvalue weighted by Crippen LogP contribution is 2.32. The molecule has 0 aliphatic heterocycles. The van der Waals surface area contributed by atoms with Gasteiger partial charge >= 0.3 is 6.18 Å². The number of carbonyl (C=O) groups excluding carboxylic acids is 1. The standard InChI is InChI=1S/C23H15F3N2OS/c24-23(25,26)19-9-5-4-8-18(19)21(29)27-17-12-10-15(11-13-17)20-14-30-22(28-20)16-6-2-1-3-7-16/h1-14H,(H,27,29). The summed E-state index contributed by atoms with van der Waals surface area (Å²) in [5.41, 5.74) is 1.69. The molecule has 0 bridgehead atoms. The maximum atomic E-state index is 13.1. The highest BCUT2D eigenvalue weighted by atomic mass is 32.1. The van der Waals surface area contributed by atoms with Crippen LogP contribution in [-0.2, 0) is 6.18 Å². The molecule has 0 atom stereocenters. The van der Waals surface area contributed by atoms with Crippen molar-refractivity contribution in [3.63, 3.8) is 0 Å². The van der Waals surface area contributed by atoms with Gasteiger partial charge in [0.05, 0.1) is 16.8 Å². The number of alkyl halides is 3. The number of rotatable bonds is 4. The first kappa shape index (κ1) is 19.8. The van der Waals surface area contributed by atoms with Gasteiger partial charge in [0.1, 0.15) is 5.01 Å². The van der Waals surface area contributed by atoms with Gasteiger partial charge in [-0.15, -0.1) is 11.3 Å². The van der Waals surface area contributed by atoms with E-state index in [1.54, 1.807) is 24.3 Å². The molecule has 1 aromatic heterocycles. The Morgan fingerprint density at radius 1 is 0.833 bits per heavy atom. The van der Waals surface area contributed by atoms with Gasteiger partial charge in [-0.1, -0.05) is 54.6 Å². The van der Waals surface area contributed by atoms with Crippen LogP contribution in [0.4, 0.5) is 18.9 Å². The van der Waals surface area contributed by atoms with Crippen molar-refractivity contribution in [2.45, 2.75) is 6.18 Å². The highest BCUT2D eigenvalue weighted by Gasteiger charge is 2.34. The van der Waals surface area contributed by atoms with Gasteiger partial charge in [0.25, 0.3) is 5.91 Å². The summed E-state index contributed by atoms with van der Waals surface area (Å²) in [6, 6.07) is 21.4. The second-order valence-electron chi connectivity index (χ2n) is 6.48. The van der Waals surface area contributed by atoms with E-state index in [0.717, 1.165) is 34.0 Å². The molecule has 0 spiro atoms. The summed E-state index contributed by atoms with van der Waals surface area (Å²) in [6.07, 6.45) is -4.60. The minimum absolute atomic E-state index is 0.402. The van der Waals surface area contributed by atoms with Crippen LogP contribution in [0.5, 0.6) is 0 Å². The zero-order valence-electron chi connectivity index (χ0n) is 15.5. The van der Waals surface area contributed by atoms with E-state index < -0.39 is 23.2 Å². The summed E-state index contributed by atoms with van der Waals surface area (Å²) in [5, 5.41) is 5.36. The van der Waals surface area contributed by atoms with Crippen LogP contribution in [0.2, 0.25) is 0 Å². The largest absolute Gasteiger partial charge is 0.417 e. The fourth-order valence-corrected chi connectivity index (χ4v) is 3.81. The van der Waals surface area contributed by atoms with Crippen LogP contribution >= 0.6 is 11.3 Å². The zero-order valence-corrected chi connectivity index (χ0v) is 16.3. The number of nitrogens with zero attached hydrogens (tertiary/aromatic N) is 1. The number of benzene rings is 3. The molecule has 0 radical (unpaired) electrons. The highest BCUT2D eigenvalue weighted by molar-refractivity contribution is 7.13. The maximum Gasteiger partial charge on any atom is 0.417 e. The Hall–Kier alpha value is -3.45. The minimum Gasteiger partial charge on any atom is -0.322 e. The van der Waals surface area contributed by atoms with Crippen molar-refractivity contribution < 1.29 is 18.0 Å². The fourth-order valence-electron chi connectivity index (χ4n) is 2.97. The van der Waals surface area contributed by atoms with Gasteiger partial charge in [-0.2, -0.15) is 13.2 Å². The van der Waals surface area contributed by atoms with Gasteiger partial charge in [0.2, 0.25) is 0 Å². The minimum atomic E-state index is -4.60. The number of aromatic nitrogens is 1. The topological polar surface area (TPSA) is 42.0 Å². The van der Waals surface area contributed by atoms with E-state index >= 15 is 0 Å². The third-order valence-electron chi connectivity index (χ3n) is 4.44. The lowest BCUT2D eigenvalue weighted by atomic mass is 10.1. The number of halogens is 3. The Kier molecular flexibility index (Phi) is 5.37. The van der Waals surface area contributed by atoms with E-state index in [4.69, 9.17) is 0 Å². The molecule has 1 heterocycles. The van der Waals surface area contributed by atoms with E-state index in [1.807, 2.05) is 35.7 Å². The van der Waals surface area contributed by atoms with Crippen LogP contribution in [0.1, 0.15) is 15.9 Å². The van der Waals surface area contributed by atoms with Crippen molar-refractivity contribution in [2.24, 2.45) is 0 Å². The molecular weight excluding hydrogens is 409 g/mol. The summed E-state index contributed by atoms with van der Waals surface area (Å²) < 4.78 is 39.4. The normalized spacial score (nSPS) is 11.3. The van der Waals surface area contributed by atoms with Crippen LogP contribution < -0.4 is 5.32 Å². The number of nitrogens with one attached hydrogen (secondary N) is 1. The van der Waals surface area contributed by atoms with E-state index in [2.05, 4.69) is 10.3 Å². The molecule has 4 rings (SSSR count). The van der Waals surface area contributed by atoms with Crippen molar-refractivity contribution >= 4 is 22.9 Å². The number of amides is 1. The number of anilines is 1. The lowest BCUT2D eigenvalue weighted by Gasteiger charge is -2.12. The molecule has 7 heteroatoms. The Labute approximate surface area is 174 Å². The summed E-state index contributed by atoms with van der Waals surface area (Å²) >= 11 is 1.53. The Balaban J connectivity index is 1.51. The Morgan fingerprint density at radius 2 is 1.50 bits per heavy atom. The van der Waals surface area contributed by atoms with E-state index in [-0.39, 0.29) is 0 Å². The molecular formula is C23H15F3N2OS. The van der Waals surface area contributed by atoms with Gasteiger partial charge in [-0.05, 0) is 24.3 Å². The lowest BCUT2D eigenvalue weighted by molar-refractivity contribution is -0.137. The molecule has 1 N–H and O–H groups in total. The third kappa shape index (κ3) is 4.26. The smallest absolute Gasteiger partial charge is 0.322 e. The van der Waals surface area contributed by atoms with Crippen molar-refractivity contribution in [3.8, 4) is 21.8 Å². The van der Waals surface area contributed by atoms with Gasteiger partial charge in [-0.3, -0.25) is 4.79 Å². The average molecular weight is 424 g/mol. The zero-order chi connectivity index (χ0) is 21.1.